The first kappa shape index (κ1) is 14.6. The smallest absolute Gasteiger partial charge is 0.190 e. The summed E-state index contributed by atoms with van der Waals surface area (Å²) in [4.78, 5) is 11.5. The number of carbonyl (C=O) groups is 1. The van der Waals surface area contributed by atoms with Gasteiger partial charge in [0.2, 0.25) is 0 Å². The molecule has 0 bridgehead atoms. The Balaban J connectivity index is 2.38. The predicted molar refractivity (Wildman–Crippen MR) is 65.8 cm³/mol. The maximum atomic E-state index is 11.5. The first-order valence-electron chi connectivity index (χ1n) is 5.67. The van der Waals surface area contributed by atoms with Crippen LogP contribution in [0.2, 0.25) is 0 Å². The maximum absolute atomic E-state index is 11.5. The monoisotopic (exact) mass is 254 g/mol. The van der Waals surface area contributed by atoms with Crippen molar-refractivity contribution in [1.29, 1.82) is 0 Å². The molecule has 0 heterocycles. The number of benzene rings is 1. The highest BCUT2D eigenvalue weighted by Gasteiger charge is 2.11. The van der Waals surface area contributed by atoms with Crippen LogP contribution in [0.1, 0.15) is 17.3 Å². The van der Waals surface area contributed by atoms with Gasteiger partial charge in [-0.25, -0.2) is 0 Å². The van der Waals surface area contributed by atoms with Crippen molar-refractivity contribution in [2.75, 3.05) is 27.1 Å². The Kier molecular flexibility index (Phi) is 6.35. The van der Waals surface area contributed by atoms with Gasteiger partial charge in [-0.1, -0.05) is 0 Å². The first-order valence-corrected chi connectivity index (χ1v) is 5.67. The Morgan fingerprint density at radius 1 is 1.28 bits per heavy atom. The van der Waals surface area contributed by atoms with E-state index < -0.39 is 6.10 Å². The standard InChI is InChI=1S/C13H18O5/c1-10(14)13(15)11-3-5-12(6-4-11)18-9-17-8-7-16-2/h3-6,10,14H,7-9H2,1-2H3. The van der Waals surface area contributed by atoms with Crippen molar-refractivity contribution in [3.05, 3.63) is 29.8 Å². The molecular formula is C13H18O5. The van der Waals surface area contributed by atoms with E-state index in [1.54, 1.807) is 31.4 Å². The van der Waals surface area contributed by atoms with Crippen LogP contribution in [0.15, 0.2) is 24.3 Å². The third kappa shape index (κ3) is 4.83. The van der Waals surface area contributed by atoms with Crippen molar-refractivity contribution in [2.24, 2.45) is 0 Å². The Labute approximate surface area is 106 Å². The number of hydrogen-bond acceptors (Lipinski definition) is 5. The van der Waals surface area contributed by atoms with Crippen LogP contribution in [0.25, 0.3) is 0 Å². The fourth-order valence-corrected chi connectivity index (χ4v) is 1.27. The molecule has 1 N–H and O–H groups in total. The molecule has 0 saturated carbocycles. The van der Waals surface area contributed by atoms with E-state index in [9.17, 15) is 4.79 Å². The van der Waals surface area contributed by atoms with Gasteiger partial charge in [0.15, 0.2) is 12.6 Å². The van der Waals surface area contributed by atoms with Crippen molar-refractivity contribution >= 4 is 5.78 Å². The summed E-state index contributed by atoms with van der Waals surface area (Å²) < 4.78 is 15.3. The minimum absolute atomic E-state index is 0.132. The average molecular weight is 254 g/mol. The maximum Gasteiger partial charge on any atom is 0.190 e. The van der Waals surface area contributed by atoms with Crippen molar-refractivity contribution < 1.29 is 24.1 Å². The van der Waals surface area contributed by atoms with Crippen molar-refractivity contribution in [3.8, 4) is 5.75 Å². The van der Waals surface area contributed by atoms with Crippen LogP contribution in [-0.2, 0) is 9.47 Å². The van der Waals surface area contributed by atoms with E-state index in [0.29, 0.717) is 24.5 Å². The molecule has 1 aromatic rings. The molecule has 0 amide bonds. The Morgan fingerprint density at radius 3 is 2.50 bits per heavy atom. The van der Waals surface area contributed by atoms with Gasteiger partial charge in [0.25, 0.3) is 0 Å². The molecule has 0 aliphatic carbocycles. The van der Waals surface area contributed by atoms with Crippen LogP contribution in [0.5, 0.6) is 5.75 Å². The first-order chi connectivity index (χ1) is 8.65. The minimum atomic E-state index is -0.992. The number of carbonyl (C=O) groups excluding carboxylic acids is 1. The molecule has 0 radical (unpaired) electrons. The van der Waals surface area contributed by atoms with Gasteiger partial charge in [-0.2, -0.15) is 0 Å². The molecule has 1 aromatic carbocycles. The van der Waals surface area contributed by atoms with Crippen LogP contribution >= 0.6 is 0 Å². The van der Waals surface area contributed by atoms with Gasteiger partial charge in [-0.15, -0.1) is 0 Å². The second-order valence-corrected chi connectivity index (χ2v) is 3.73. The van der Waals surface area contributed by atoms with E-state index in [2.05, 4.69) is 0 Å². The number of ether oxygens (including phenoxy) is 3. The zero-order valence-electron chi connectivity index (χ0n) is 10.6. The van der Waals surface area contributed by atoms with Gasteiger partial charge in [0, 0.05) is 12.7 Å². The number of methoxy groups -OCH3 is 1. The molecule has 100 valence electrons. The molecule has 0 aliphatic heterocycles. The number of rotatable bonds is 8. The lowest BCUT2D eigenvalue weighted by Crippen LogP contribution is -2.15. The quantitative estimate of drug-likeness (QED) is 0.429. The molecule has 0 spiro atoms. The fourth-order valence-electron chi connectivity index (χ4n) is 1.27. The molecule has 0 aromatic heterocycles. The molecule has 1 rings (SSSR count). The third-order valence-electron chi connectivity index (χ3n) is 2.26. The molecule has 1 unspecified atom stereocenters. The molecule has 0 saturated heterocycles. The predicted octanol–water partition coefficient (Wildman–Crippen LogP) is 1.25. The highest BCUT2D eigenvalue weighted by atomic mass is 16.7. The number of ketones is 1. The van der Waals surface area contributed by atoms with Gasteiger partial charge in [0.1, 0.15) is 11.9 Å². The van der Waals surface area contributed by atoms with Crippen LogP contribution in [0, 0.1) is 0 Å². The van der Waals surface area contributed by atoms with E-state index in [1.807, 2.05) is 0 Å². The van der Waals surface area contributed by atoms with Crippen LogP contribution < -0.4 is 4.74 Å². The SMILES string of the molecule is COCCOCOc1ccc(C(=O)C(C)O)cc1. The Hall–Kier alpha value is -1.43. The van der Waals surface area contributed by atoms with E-state index in [4.69, 9.17) is 19.3 Å². The minimum Gasteiger partial charge on any atom is -0.468 e. The summed E-state index contributed by atoms with van der Waals surface area (Å²) >= 11 is 0. The van der Waals surface area contributed by atoms with Crippen LogP contribution in [0.4, 0.5) is 0 Å². The number of hydrogen-bond donors (Lipinski definition) is 1. The Bertz CT molecular complexity index is 358. The van der Waals surface area contributed by atoms with Gasteiger partial charge < -0.3 is 19.3 Å². The zero-order chi connectivity index (χ0) is 13.4. The van der Waals surface area contributed by atoms with Gasteiger partial charge >= 0.3 is 0 Å². The van der Waals surface area contributed by atoms with E-state index in [0.717, 1.165) is 0 Å². The molecular weight excluding hydrogens is 236 g/mol. The van der Waals surface area contributed by atoms with E-state index in [1.165, 1.54) is 6.92 Å². The average Bonchev–Trinajstić information content (AvgIpc) is 2.38. The topological polar surface area (TPSA) is 65.0 Å². The summed E-state index contributed by atoms with van der Waals surface area (Å²) in [6, 6.07) is 6.55. The highest BCUT2D eigenvalue weighted by Crippen LogP contribution is 2.13. The van der Waals surface area contributed by atoms with Gasteiger partial charge in [-0.3, -0.25) is 4.79 Å². The summed E-state index contributed by atoms with van der Waals surface area (Å²) in [7, 11) is 1.60. The number of aliphatic hydroxyl groups excluding tert-OH is 1. The lowest BCUT2D eigenvalue weighted by molar-refractivity contribution is -0.00847. The third-order valence-corrected chi connectivity index (χ3v) is 2.26. The van der Waals surface area contributed by atoms with Crippen LogP contribution in [0.3, 0.4) is 0 Å². The summed E-state index contributed by atoms with van der Waals surface area (Å²) in [6.45, 7) is 2.56. The molecule has 18 heavy (non-hydrogen) atoms. The van der Waals surface area contributed by atoms with E-state index in [-0.39, 0.29) is 12.6 Å². The summed E-state index contributed by atoms with van der Waals surface area (Å²) in [5.74, 6) is 0.299. The number of Topliss-reactive ketones (excluding diaryl/α,β-unsaturated/α-hetero) is 1. The molecule has 0 aliphatic rings. The molecule has 5 nitrogen and oxygen atoms in total. The summed E-state index contributed by atoms with van der Waals surface area (Å²) in [6.07, 6.45) is -0.992. The molecule has 0 fully saturated rings. The van der Waals surface area contributed by atoms with Crippen molar-refractivity contribution in [2.45, 2.75) is 13.0 Å². The van der Waals surface area contributed by atoms with Crippen molar-refractivity contribution in [3.63, 3.8) is 0 Å². The van der Waals surface area contributed by atoms with Crippen molar-refractivity contribution in [1.82, 2.24) is 0 Å². The van der Waals surface area contributed by atoms with E-state index >= 15 is 0 Å². The lowest BCUT2D eigenvalue weighted by atomic mass is 10.1. The fraction of sp³-hybridized carbons (Fsp3) is 0.462. The normalized spacial score (nSPS) is 12.2. The molecule has 1 atom stereocenters. The largest absolute Gasteiger partial charge is 0.468 e. The summed E-state index contributed by atoms with van der Waals surface area (Å²) in [5.41, 5.74) is 0.456. The van der Waals surface area contributed by atoms with Gasteiger partial charge in [-0.05, 0) is 31.2 Å². The molecule has 5 heteroatoms. The second kappa shape index (κ2) is 7.81. The van der Waals surface area contributed by atoms with Gasteiger partial charge in [0.05, 0.1) is 13.2 Å². The number of aliphatic hydroxyl groups is 1. The second-order valence-electron chi connectivity index (χ2n) is 3.73. The lowest BCUT2D eigenvalue weighted by Gasteiger charge is -2.08. The highest BCUT2D eigenvalue weighted by molar-refractivity contribution is 5.99. The Morgan fingerprint density at radius 2 is 1.94 bits per heavy atom. The summed E-state index contributed by atoms with van der Waals surface area (Å²) in [5, 5.41) is 9.15. The van der Waals surface area contributed by atoms with Crippen LogP contribution in [-0.4, -0.2) is 44.1 Å². The zero-order valence-corrected chi connectivity index (χ0v) is 10.6.